The number of rotatable bonds is 5. The van der Waals surface area contributed by atoms with Gasteiger partial charge in [0.25, 0.3) is 0 Å². The van der Waals surface area contributed by atoms with Crippen LogP contribution in [0.15, 0.2) is 30.3 Å². The number of halogens is 3. The number of alkyl halides is 3. The van der Waals surface area contributed by atoms with E-state index in [9.17, 15) is 13.2 Å². The Kier molecular flexibility index (Phi) is 5.68. The summed E-state index contributed by atoms with van der Waals surface area (Å²) < 4.78 is 38.1. The molecule has 1 aliphatic rings. The minimum atomic E-state index is -4.02. The second kappa shape index (κ2) is 7.30. The van der Waals surface area contributed by atoms with Crippen LogP contribution in [0.5, 0.6) is 0 Å². The first kappa shape index (κ1) is 16.3. The van der Waals surface area contributed by atoms with Gasteiger partial charge >= 0.3 is 6.18 Å². The van der Waals surface area contributed by atoms with Crippen LogP contribution in [-0.2, 0) is 0 Å². The van der Waals surface area contributed by atoms with Gasteiger partial charge in [-0.15, -0.1) is 0 Å². The Morgan fingerprint density at radius 3 is 2.24 bits per heavy atom. The van der Waals surface area contributed by atoms with Crippen molar-refractivity contribution in [2.24, 2.45) is 5.92 Å². The Balaban J connectivity index is 1.91. The molecule has 118 valence electrons. The Labute approximate surface area is 124 Å². The zero-order valence-electron chi connectivity index (χ0n) is 12.5. The van der Waals surface area contributed by atoms with Crippen LogP contribution in [0, 0.1) is 5.92 Å². The zero-order chi connectivity index (χ0) is 15.3. The Hall–Kier alpha value is -1.03. The molecule has 1 unspecified atom stereocenters. The quantitative estimate of drug-likeness (QED) is 0.784. The molecule has 1 fully saturated rings. The fraction of sp³-hybridized carbons (Fsp3) is 0.647. The first-order valence-electron chi connectivity index (χ1n) is 7.88. The highest BCUT2D eigenvalue weighted by Crippen LogP contribution is 2.38. The molecular weight excluding hydrogens is 275 g/mol. The van der Waals surface area contributed by atoms with E-state index in [1.165, 1.54) is 5.56 Å². The van der Waals surface area contributed by atoms with Crippen LogP contribution in [0.4, 0.5) is 13.2 Å². The summed E-state index contributed by atoms with van der Waals surface area (Å²) in [5, 5.41) is 3.58. The normalized spacial score (nSPS) is 24.8. The molecule has 0 saturated heterocycles. The smallest absolute Gasteiger partial charge is 0.307 e. The van der Waals surface area contributed by atoms with E-state index < -0.39 is 12.1 Å². The summed E-state index contributed by atoms with van der Waals surface area (Å²) in [5.74, 6) is -1.10. The lowest BCUT2D eigenvalue weighted by Gasteiger charge is -2.33. The van der Waals surface area contributed by atoms with Crippen LogP contribution in [0.3, 0.4) is 0 Å². The molecule has 1 aromatic rings. The number of hydrogen-bond donors (Lipinski definition) is 1. The van der Waals surface area contributed by atoms with Crippen molar-refractivity contribution in [1.82, 2.24) is 5.32 Å². The van der Waals surface area contributed by atoms with Gasteiger partial charge in [-0.05, 0) is 37.7 Å². The lowest BCUT2D eigenvalue weighted by molar-refractivity contribution is -0.182. The van der Waals surface area contributed by atoms with Crippen LogP contribution >= 0.6 is 0 Å². The molecule has 0 aromatic heterocycles. The van der Waals surface area contributed by atoms with Gasteiger partial charge in [0.1, 0.15) is 0 Å². The second-order valence-electron chi connectivity index (χ2n) is 6.01. The van der Waals surface area contributed by atoms with E-state index in [1.54, 1.807) is 0 Å². The lowest BCUT2D eigenvalue weighted by atomic mass is 9.85. The first-order valence-corrected chi connectivity index (χ1v) is 7.88. The van der Waals surface area contributed by atoms with Crippen molar-refractivity contribution in [2.45, 2.75) is 63.7 Å². The first-order chi connectivity index (χ1) is 10.0. The molecule has 2 rings (SSSR count). The van der Waals surface area contributed by atoms with Crippen LogP contribution in [0.2, 0.25) is 0 Å². The monoisotopic (exact) mass is 299 g/mol. The molecule has 0 heterocycles. The van der Waals surface area contributed by atoms with Crippen molar-refractivity contribution in [3.05, 3.63) is 35.9 Å². The topological polar surface area (TPSA) is 12.0 Å². The Morgan fingerprint density at radius 2 is 1.71 bits per heavy atom. The van der Waals surface area contributed by atoms with E-state index in [-0.39, 0.29) is 24.9 Å². The largest absolute Gasteiger partial charge is 0.391 e. The maximum Gasteiger partial charge on any atom is 0.391 e. The van der Waals surface area contributed by atoms with Gasteiger partial charge < -0.3 is 5.32 Å². The Morgan fingerprint density at radius 1 is 1.10 bits per heavy atom. The van der Waals surface area contributed by atoms with E-state index in [0.717, 1.165) is 12.8 Å². The minimum absolute atomic E-state index is 0.209. The third-order valence-electron chi connectivity index (χ3n) is 4.41. The van der Waals surface area contributed by atoms with Crippen molar-refractivity contribution < 1.29 is 13.2 Å². The molecule has 0 radical (unpaired) electrons. The summed E-state index contributed by atoms with van der Waals surface area (Å²) in [6, 6.07) is 10.7. The van der Waals surface area contributed by atoms with E-state index in [0.29, 0.717) is 12.8 Å². The molecule has 4 heteroatoms. The number of benzene rings is 1. The molecule has 1 N–H and O–H groups in total. The highest BCUT2D eigenvalue weighted by Gasteiger charge is 2.41. The minimum Gasteiger partial charge on any atom is -0.307 e. The van der Waals surface area contributed by atoms with Gasteiger partial charge in [-0.2, -0.15) is 13.2 Å². The molecule has 1 nitrogen and oxygen atoms in total. The molecule has 1 aromatic carbocycles. The van der Waals surface area contributed by atoms with Crippen LogP contribution in [-0.4, -0.2) is 12.2 Å². The van der Waals surface area contributed by atoms with Crippen molar-refractivity contribution in [3.63, 3.8) is 0 Å². The molecule has 0 bridgehead atoms. The van der Waals surface area contributed by atoms with Gasteiger partial charge in [-0.1, -0.05) is 43.7 Å². The molecule has 1 saturated carbocycles. The molecular formula is C17H24F3N. The summed E-state index contributed by atoms with van der Waals surface area (Å²) in [5.41, 5.74) is 1.23. The highest BCUT2D eigenvalue weighted by atomic mass is 19.4. The molecule has 0 spiro atoms. The van der Waals surface area contributed by atoms with Gasteiger partial charge in [-0.25, -0.2) is 0 Å². The summed E-state index contributed by atoms with van der Waals surface area (Å²) in [6.07, 6.45) is -0.182. The number of hydrogen-bond acceptors (Lipinski definition) is 1. The van der Waals surface area contributed by atoms with Gasteiger partial charge in [0, 0.05) is 12.1 Å². The second-order valence-corrected chi connectivity index (χ2v) is 6.01. The summed E-state index contributed by atoms with van der Waals surface area (Å²) in [6.45, 7) is 2.14. The van der Waals surface area contributed by atoms with Crippen LogP contribution in [0.1, 0.15) is 57.1 Å². The van der Waals surface area contributed by atoms with Crippen LogP contribution < -0.4 is 5.32 Å². The molecule has 1 aliphatic carbocycles. The van der Waals surface area contributed by atoms with Gasteiger partial charge in [-0.3, -0.25) is 0 Å². The molecule has 0 aliphatic heterocycles. The van der Waals surface area contributed by atoms with E-state index in [1.807, 2.05) is 18.2 Å². The third kappa shape index (κ3) is 4.73. The standard InChI is InChI=1S/C17H24F3N/c1-2-6-16(13-7-4-3-5-8-13)21-15-11-9-14(10-12-15)17(18,19)20/h3-5,7-8,14-16,21H,2,6,9-12H2,1H3. The molecule has 21 heavy (non-hydrogen) atoms. The van der Waals surface area contributed by atoms with Gasteiger partial charge in [0.2, 0.25) is 0 Å². The lowest BCUT2D eigenvalue weighted by Crippen LogP contribution is -2.38. The SMILES string of the molecule is CCCC(NC1CCC(C(F)(F)F)CC1)c1ccccc1. The van der Waals surface area contributed by atoms with E-state index >= 15 is 0 Å². The van der Waals surface area contributed by atoms with Crippen molar-refractivity contribution in [3.8, 4) is 0 Å². The summed E-state index contributed by atoms with van der Waals surface area (Å²) in [4.78, 5) is 0. The summed E-state index contributed by atoms with van der Waals surface area (Å²) >= 11 is 0. The maximum absolute atomic E-state index is 12.7. The molecule has 0 amide bonds. The van der Waals surface area contributed by atoms with Crippen LogP contribution in [0.25, 0.3) is 0 Å². The van der Waals surface area contributed by atoms with Crippen molar-refractivity contribution in [1.29, 1.82) is 0 Å². The highest BCUT2D eigenvalue weighted by molar-refractivity contribution is 5.19. The Bertz CT molecular complexity index is 408. The third-order valence-corrected chi connectivity index (χ3v) is 4.41. The van der Waals surface area contributed by atoms with Gasteiger partial charge in [0.05, 0.1) is 5.92 Å². The van der Waals surface area contributed by atoms with Crippen molar-refractivity contribution in [2.75, 3.05) is 0 Å². The van der Waals surface area contributed by atoms with Gasteiger partial charge in [0.15, 0.2) is 0 Å². The zero-order valence-corrected chi connectivity index (χ0v) is 12.5. The average molecular weight is 299 g/mol. The summed E-state index contributed by atoms with van der Waals surface area (Å²) in [7, 11) is 0. The predicted molar refractivity (Wildman–Crippen MR) is 79.0 cm³/mol. The maximum atomic E-state index is 12.7. The van der Waals surface area contributed by atoms with E-state index in [4.69, 9.17) is 0 Å². The van der Waals surface area contributed by atoms with Crippen molar-refractivity contribution >= 4 is 0 Å². The fourth-order valence-corrected chi connectivity index (χ4v) is 3.19. The molecule has 1 atom stereocenters. The predicted octanol–water partition coefficient (Wildman–Crippen LogP) is 5.24. The fourth-order valence-electron chi connectivity index (χ4n) is 3.19. The average Bonchev–Trinajstić information content (AvgIpc) is 2.47. The number of nitrogens with one attached hydrogen (secondary N) is 1. The van der Waals surface area contributed by atoms with E-state index in [2.05, 4.69) is 24.4 Å².